The second-order valence-electron chi connectivity index (χ2n) is 4.44. The number of nitrogens with one attached hydrogen (secondary N) is 1. The summed E-state index contributed by atoms with van der Waals surface area (Å²) in [6.45, 7) is 2.34. The first kappa shape index (κ1) is 16.7. The van der Waals surface area contributed by atoms with Gasteiger partial charge in [-0.15, -0.1) is 0 Å². The molecule has 0 saturated heterocycles. The van der Waals surface area contributed by atoms with Crippen LogP contribution in [0.25, 0.3) is 0 Å². The number of aryl methyl sites for hydroxylation is 1. The van der Waals surface area contributed by atoms with E-state index in [0.717, 1.165) is 5.56 Å². The zero-order valence-electron chi connectivity index (χ0n) is 11.5. The number of carboxylic acid groups (broad SMARTS) is 1. The van der Waals surface area contributed by atoms with E-state index in [1.54, 1.807) is 19.2 Å². The van der Waals surface area contributed by atoms with Crippen molar-refractivity contribution in [2.45, 2.75) is 25.8 Å². The van der Waals surface area contributed by atoms with E-state index in [1.165, 1.54) is 0 Å². The summed E-state index contributed by atoms with van der Waals surface area (Å²) >= 11 is 3.34. The van der Waals surface area contributed by atoms with Gasteiger partial charge in [-0.2, -0.15) is 0 Å². The minimum Gasteiger partial charge on any atom is -0.480 e. The van der Waals surface area contributed by atoms with Crippen LogP contribution in [-0.4, -0.2) is 36.7 Å². The quantitative estimate of drug-likeness (QED) is 0.745. The lowest BCUT2D eigenvalue weighted by atomic mass is 10.1. The average Bonchev–Trinajstić information content (AvgIpc) is 2.40. The molecule has 0 radical (unpaired) electrons. The van der Waals surface area contributed by atoms with Crippen LogP contribution in [0.4, 0.5) is 0 Å². The van der Waals surface area contributed by atoms with Crippen molar-refractivity contribution in [2.75, 3.05) is 13.7 Å². The maximum Gasteiger partial charge on any atom is 0.326 e. The van der Waals surface area contributed by atoms with Gasteiger partial charge in [-0.05, 0) is 47.3 Å². The van der Waals surface area contributed by atoms with Crippen molar-refractivity contribution in [1.82, 2.24) is 5.32 Å². The standard InChI is InChI=1S/C14H18BrNO4/c1-9-5-3-6-10(12(9)15)13(17)16-11(14(18)19)7-4-8-20-2/h3,5-6,11H,4,7-8H2,1-2H3,(H,16,17)(H,18,19). The number of hydrogen-bond donors (Lipinski definition) is 2. The number of carboxylic acids is 1. The summed E-state index contributed by atoms with van der Waals surface area (Å²) in [5, 5.41) is 11.7. The van der Waals surface area contributed by atoms with Crippen molar-refractivity contribution in [1.29, 1.82) is 0 Å². The maximum absolute atomic E-state index is 12.1. The first-order valence-corrected chi connectivity index (χ1v) is 7.04. The van der Waals surface area contributed by atoms with E-state index in [2.05, 4.69) is 21.2 Å². The van der Waals surface area contributed by atoms with E-state index in [-0.39, 0.29) is 0 Å². The van der Waals surface area contributed by atoms with Crippen LogP contribution in [0, 0.1) is 6.92 Å². The Morgan fingerprint density at radius 1 is 1.45 bits per heavy atom. The molecule has 0 fully saturated rings. The van der Waals surface area contributed by atoms with Gasteiger partial charge in [-0.25, -0.2) is 4.79 Å². The van der Waals surface area contributed by atoms with Crippen LogP contribution < -0.4 is 5.32 Å². The van der Waals surface area contributed by atoms with Gasteiger partial charge in [0, 0.05) is 18.2 Å². The minimum atomic E-state index is -1.04. The molecule has 0 heterocycles. The summed E-state index contributed by atoms with van der Waals surface area (Å²) < 4.78 is 5.56. The van der Waals surface area contributed by atoms with Crippen molar-refractivity contribution in [2.24, 2.45) is 0 Å². The largest absolute Gasteiger partial charge is 0.480 e. The summed E-state index contributed by atoms with van der Waals surface area (Å²) in [6, 6.07) is 4.37. The molecule has 2 N–H and O–H groups in total. The van der Waals surface area contributed by atoms with Crippen LogP contribution in [0.1, 0.15) is 28.8 Å². The third-order valence-electron chi connectivity index (χ3n) is 2.88. The van der Waals surface area contributed by atoms with Crippen LogP contribution in [0.15, 0.2) is 22.7 Å². The number of methoxy groups -OCH3 is 1. The Labute approximate surface area is 126 Å². The van der Waals surface area contributed by atoms with Gasteiger partial charge in [0.05, 0.1) is 5.56 Å². The Morgan fingerprint density at radius 2 is 2.15 bits per heavy atom. The van der Waals surface area contributed by atoms with Gasteiger partial charge in [0.15, 0.2) is 0 Å². The molecule has 1 aromatic rings. The topological polar surface area (TPSA) is 75.6 Å². The molecule has 20 heavy (non-hydrogen) atoms. The molecule has 6 heteroatoms. The fraction of sp³-hybridized carbons (Fsp3) is 0.429. The summed E-state index contributed by atoms with van der Waals surface area (Å²) in [5.41, 5.74) is 1.35. The smallest absolute Gasteiger partial charge is 0.326 e. The zero-order valence-corrected chi connectivity index (χ0v) is 13.1. The molecule has 1 rings (SSSR count). The predicted molar refractivity (Wildman–Crippen MR) is 78.9 cm³/mol. The molecule has 0 aliphatic rings. The lowest BCUT2D eigenvalue weighted by Gasteiger charge is -2.15. The molecule has 0 aliphatic carbocycles. The first-order valence-electron chi connectivity index (χ1n) is 6.25. The van der Waals surface area contributed by atoms with E-state index in [0.29, 0.717) is 29.5 Å². The Kier molecular flexibility index (Phi) is 6.67. The average molecular weight is 344 g/mol. The van der Waals surface area contributed by atoms with E-state index in [4.69, 9.17) is 9.84 Å². The Balaban J connectivity index is 2.75. The zero-order chi connectivity index (χ0) is 15.1. The van der Waals surface area contributed by atoms with Gasteiger partial charge in [0.2, 0.25) is 0 Å². The molecule has 1 amide bonds. The van der Waals surface area contributed by atoms with Gasteiger partial charge in [0.25, 0.3) is 5.91 Å². The summed E-state index contributed by atoms with van der Waals surface area (Å²) in [4.78, 5) is 23.3. The molecule has 0 bridgehead atoms. The second-order valence-corrected chi connectivity index (χ2v) is 5.23. The van der Waals surface area contributed by atoms with Crippen molar-refractivity contribution < 1.29 is 19.4 Å². The summed E-state index contributed by atoms with van der Waals surface area (Å²) in [5.74, 6) is -1.44. The van der Waals surface area contributed by atoms with E-state index < -0.39 is 17.9 Å². The Hall–Kier alpha value is -1.40. The fourth-order valence-electron chi connectivity index (χ4n) is 1.75. The Bertz CT molecular complexity index is 490. The SMILES string of the molecule is COCCCC(NC(=O)c1cccc(C)c1Br)C(=O)O. The van der Waals surface area contributed by atoms with Gasteiger partial charge in [-0.3, -0.25) is 4.79 Å². The molecular weight excluding hydrogens is 326 g/mol. The minimum absolute atomic E-state index is 0.332. The maximum atomic E-state index is 12.1. The van der Waals surface area contributed by atoms with Crippen molar-refractivity contribution >= 4 is 27.8 Å². The molecular formula is C14H18BrNO4. The number of benzene rings is 1. The van der Waals surface area contributed by atoms with E-state index in [9.17, 15) is 9.59 Å². The van der Waals surface area contributed by atoms with Crippen molar-refractivity contribution in [3.63, 3.8) is 0 Å². The molecule has 1 unspecified atom stereocenters. The van der Waals surface area contributed by atoms with Crippen molar-refractivity contribution in [3.8, 4) is 0 Å². The number of halogens is 1. The molecule has 0 aliphatic heterocycles. The fourth-order valence-corrected chi connectivity index (χ4v) is 2.19. The monoisotopic (exact) mass is 343 g/mol. The number of rotatable bonds is 7. The molecule has 1 aromatic carbocycles. The van der Waals surface area contributed by atoms with E-state index in [1.807, 2.05) is 13.0 Å². The lowest BCUT2D eigenvalue weighted by Crippen LogP contribution is -2.41. The highest BCUT2D eigenvalue weighted by atomic mass is 79.9. The molecule has 110 valence electrons. The summed E-state index contributed by atoms with van der Waals surface area (Å²) in [6.07, 6.45) is 0.904. The third kappa shape index (κ3) is 4.61. The van der Waals surface area contributed by atoms with Gasteiger partial charge in [-0.1, -0.05) is 12.1 Å². The van der Waals surface area contributed by atoms with Crippen LogP contribution >= 0.6 is 15.9 Å². The number of carbonyl (C=O) groups is 2. The highest BCUT2D eigenvalue weighted by molar-refractivity contribution is 9.10. The van der Waals surface area contributed by atoms with Crippen LogP contribution in [0.2, 0.25) is 0 Å². The van der Waals surface area contributed by atoms with Crippen LogP contribution in [0.3, 0.4) is 0 Å². The molecule has 1 atom stereocenters. The second kappa shape index (κ2) is 8.01. The van der Waals surface area contributed by atoms with Gasteiger partial charge in [0.1, 0.15) is 6.04 Å². The molecule has 0 saturated carbocycles. The highest BCUT2D eigenvalue weighted by Gasteiger charge is 2.21. The number of amides is 1. The molecule has 0 aromatic heterocycles. The highest BCUT2D eigenvalue weighted by Crippen LogP contribution is 2.21. The normalized spacial score (nSPS) is 11.9. The molecule has 5 nitrogen and oxygen atoms in total. The number of aliphatic carboxylic acids is 1. The summed E-state index contributed by atoms with van der Waals surface area (Å²) in [7, 11) is 1.55. The van der Waals surface area contributed by atoms with E-state index >= 15 is 0 Å². The van der Waals surface area contributed by atoms with Crippen molar-refractivity contribution in [3.05, 3.63) is 33.8 Å². The van der Waals surface area contributed by atoms with Gasteiger partial charge < -0.3 is 15.2 Å². The number of ether oxygens (including phenoxy) is 1. The Morgan fingerprint density at radius 3 is 2.75 bits per heavy atom. The number of carbonyl (C=O) groups excluding carboxylic acids is 1. The van der Waals surface area contributed by atoms with Crippen LogP contribution in [-0.2, 0) is 9.53 Å². The number of hydrogen-bond acceptors (Lipinski definition) is 3. The lowest BCUT2D eigenvalue weighted by molar-refractivity contribution is -0.139. The first-order chi connectivity index (χ1) is 9.47. The van der Waals surface area contributed by atoms with Gasteiger partial charge >= 0.3 is 5.97 Å². The third-order valence-corrected chi connectivity index (χ3v) is 3.93. The van der Waals surface area contributed by atoms with Crippen LogP contribution in [0.5, 0.6) is 0 Å². The molecule has 0 spiro atoms. The predicted octanol–water partition coefficient (Wildman–Crippen LogP) is 2.37.